The van der Waals surface area contributed by atoms with Crippen LogP contribution in [0.2, 0.25) is 0 Å². The molecule has 0 aliphatic heterocycles. The van der Waals surface area contributed by atoms with E-state index in [9.17, 15) is 0 Å². The third-order valence-electron chi connectivity index (χ3n) is 14.5. The Morgan fingerprint density at radius 1 is 0.348 bits per heavy atom. The number of furan rings is 1. The molecule has 13 rings (SSSR count). The van der Waals surface area contributed by atoms with Crippen LogP contribution < -0.4 is 4.90 Å². The molecule has 0 amide bonds. The molecule has 0 saturated carbocycles. The van der Waals surface area contributed by atoms with E-state index < -0.39 is 5.41 Å². The summed E-state index contributed by atoms with van der Waals surface area (Å²) in [5.41, 5.74) is 21.9. The van der Waals surface area contributed by atoms with Gasteiger partial charge < -0.3 is 9.32 Å². The maximum Gasteiger partial charge on any atom is 0.136 e. The van der Waals surface area contributed by atoms with Crippen LogP contribution in [0, 0.1) is 0 Å². The van der Waals surface area contributed by atoms with Crippen molar-refractivity contribution in [2.24, 2.45) is 0 Å². The minimum absolute atomic E-state index is 0.171. The zero-order valence-corrected chi connectivity index (χ0v) is 36.9. The molecule has 2 aliphatic rings. The standard InChI is InChI=1S/C64H45NO/c1-63(2)55-31-14-12-27-51(55)52-37-35-48(41-58(52)63)65(47-36-38-59-54(40-47)62-50(30-18-34-60(62)66-59)43-21-8-4-9-22-43)46-26-16-25-45(39-46)64(44-23-10-5-11-24-44)56-32-15-13-28-53(56)61-49(29-17-33-57(61)64)42-19-6-3-7-20-42/h3-41H,1-2H3. The summed E-state index contributed by atoms with van der Waals surface area (Å²) in [4.78, 5) is 2.47. The van der Waals surface area contributed by atoms with Crippen LogP contribution in [0.4, 0.5) is 17.1 Å². The van der Waals surface area contributed by atoms with Crippen LogP contribution >= 0.6 is 0 Å². The molecule has 0 N–H and O–H groups in total. The zero-order chi connectivity index (χ0) is 44.0. The van der Waals surface area contributed by atoms with E-state index in [4.69, 9.17) is 4.42 Å². The molecule has 1 heterocycles. The fourth-order valence-electron chi connectivity index (χ4n) is 11.6. The van der Waals surface area contributed by atoms with Crippen molar-refractivity contribution >= 4 is 39.0 Å². The predicted molar refractivity (Wildman–Crippen MR) is 274 cm³/mol. The average Bonchev–Trinajstić information content (AvgIpc) is 3.98. The van der Waals surface area contributed by atoms with Crippen LogP contribution in [-0.4, -0.2) is 0 Å². The van der Waals surface area contributed by atoms with Crippen molar-refractivity contribution in [1.29, 1.82) is 0 Å². The van der Waals surface area contributed by atoms with Gasteiger partial charge in [0, 0.05) is 33.2 Å². The fraction of sp³-hybridized carbons (Fsp3) is 0.0625. The van der Waals surface area contributed by atoms with Gasteiger partial charge in [-0.15, -0.1) is 0 Å². The number of anilines is 3. The van der Waals surface area contributed by atoms with Gasteiger partial charge in [0.15, 0.2) is 0 Å². The summed E-state index contributed by atoms with van der Waals surface area (Å²) in [6.07, 6.45) is 0. The summed E-state index contributed by atoms with van der Waals surface area (Å²) >= 11 is 0. The maximum absolute atomic E-state index is 6.62. The maximum atomic E-state index is 6.62. The number of hydrogen-bond donors (Lipinski definition) is 0. The van der Waals surface area contributed by atoms with Gasteiger partial charge >= 0.3 is 0 Å². The van der Waals surface area contributed by atoms with Gasteiger partial charge in [-0.25, -0.2) is 0 Å². The Kier molecular flexibility index (Phi) is 8.51. The Labute approximate surface area is 385 Å². The van der Waals surface area contributed by atoms with Gasteiger partial charge in [0.2, 0.25) is 0 Å². The summed E-state index contributed by atoms with van der Waals surface area (Å²) in [7, 11) is 0. The smallest absolute Gasteiger partial charge is 0.136 e. The van der Waals surface area contributed by atoms with Crippen molar-refractivity contribution in [3.8, 4) is 44.5 Å². The number of fused-ring (bicyclic) bond motifs is 9. The first-order valence-electron chi connectivity index (χ1n) is 23.0. The molecule has 66 heavy (non-hydrogen) atoms. The highest BCUT2D eigenvalue weighted by atomic mass is 16.3. The van der Waals surface area contributed by atoms with E-state index in [0.717, 1.165) is 44.6 Å². The summed E-state index contributed by atoms with van der Waals surface area (Å²) in [6, 6.07) is 87.1. The first-order chi connectivity index (χ1) is 32.5. The summed E-state index contributed by atoms with van der Waals surface area (Å²) < 4.78 is 6.62. The Morgan fingerprint density at radius 2 is 0.894 bits per heavy atom. The van der Waals surface area contributed by atoms with E-state index in [1.165, 1.54) is 72.3 Å². The van der Waals surface area contributed by atoms with Crippen molar-refractivity contribution < 1.29 is 4.42 Å². The Bertz CT molecular complexity index is 3680. The fourth-order valence-corrected chi connectivity index (χ4v) is 11.6. The van der Waals surface area contributed by atoms with Gasteiger partial charge in [-0.05, 0) is 126 Å². The van der Waals surface area contributed by atoms with Gasteiger partial charge in [0.25, 0.3) is 0 Å². The molecule has 2 heteroatoms. The van der Waals surface area contributed by atoms with Gasteiger partial charge in [-0.3, -0.25) is 0 Å². The summed E-state index contributed by atoms with van der Waals surface area (Å²) in [5.74, 6) is 0. The highest BCUT2D eigenvalue weighted by molar-refractivity contribution is 6.13. The van der Waals surface area contributed by atoms with E-state index in [1.807, 2.05) is 0 Å². The lowest BCUT2D eigenvalue weighted by molar-refractivity contribution is 0.660. The van der Waals surface area contributed by atoms with Crippen molar-refractivity contribution in [1.82, 2.24) is 0 Å². The van der Waals surface area contributed by atoms with Crippen molar-refractivity contribution in [3.63, 3.8) is 0 Å². The molecule has 0 radical (unpaired) electrons. The van der Waals surface area contributed by atoms with E-state index >= 15 is 0 Å². The van der Waals surface area contributed by atoms with Crippen LogP contribution in [0.15, 0.2) is 241 Å². The quantitative estimate of drug-likeness (QED) is 0.159. The van der Waals surface area contributed by atoms with E-state index in [2.05, 4.69) is 255 Å². The number of nitrogens with zero attached hydrogens (tertiary/aromatic N) is 1. The van der Waals surface area contributed by atoms with Gasteiger partial charge in [-0.2, -0.15) is 0 Å². The molecule has 11 aromatic rings. The second-order valence-electron chi connectivity index (χ2n) is 18.4. The van der Waals surface area contributed by atoms with Gasteiger partial charge in [0.1, 0.15) is 11.2 Å². The van der Waals surface area contributed by atoms with Crippen LogP contribution in [0.25, 0.3) is 66.4 Å². The summed E-state index contributed by atoms with van der Waals surface area (Å²) in [5, 5.41) is 2.21. The largest absolute Gasteiger partial charge is 0.456 e. The molecule has 10 aromatic carbocycles. The van der Waals surface area contributed by atoms with Crippen LogP contribution in [0.3, 0.4) is 0 Å². The second kappa shape index (κ2) is 14.7. The molecule has 0 spiro atoms. The molecule has 0 bridgehead atoms. The average molecular weight is 844 g/mol. The molecule has 2 nitrogen and oxygen atoms in total. The molecule has 0 saturated heterocycles. The second-order valence-corrected chi connectivity index (χ2v) is 18.4. The number of benzene rings is 10. The molecule has 1 unspecified atom stereocenters. The normalized spacial score (nSPS) is 15.3. The number of rotatable bonds is 7. The Morgan fingerprint density at radius 3 is 1.68 bits per heavy atom. The first kappa shape index (κ1) is 38.3. The van der Waals surface area contributed by atoms with Crippen LogP contribution in [0.1, 0.15) is 47.2 Å². The lowest BCUT2D eigenvalue weighted by Gasteiger charge is -2.35. The molecule has 312 valence electrons. The molecule has 0 fully saturated rings. The van der Waals surface area contributed by atoms with E-state index in [-0.39, 0.29) is 5.41 Å². The first-order valence-corrected chi connectivity index (χ1v) is 23.0. The highest BCUT2D eigenvalue weighted by Crippen LogP contribution is 2.59. The lowest BCUT2D eigenvalue weighted by atomic mass is 9.67. The minimum Gasteiger partial charge on any atom is -0.456 e. The Hall–Kier alpha value is -8.20. The van der Waals surface area contributed by atoms with E-state index in [0.29, 0.717) is 0 Å². The topological polar surface area (TPSA) is 16.4 Å². The lowest BCUT2D eigenvalue weighted by Crippen LogP contribution is -2.29. The molecular weight excluding hydrogens is 799 g/mol. The van der Waals surface area contributed by atoms with Crippen LogP contribution in [0.5, 0.6) is 0 Å². The molecule has 1 atom stereocenters. The van der Waals surface area contributed by atoms with Crippen molar-refractivity contribution in [2.75, 3.05) is 4.90 Å². The van der Waals surface area contributed by atoms with E-state index in [1.54, 1.807) is 0 Å². The Balaban J connectivity index is 1.07. The number of hydrogen-bond acceptors (Lipinski definition) is 2. The monoisotopic (exact) mass is 843 g/mol. The third kappa shape index (κ3) is 5.55. The zero-order valence-electron chi connectivity index (χ0n) is 36.9. The SMILES string of the molecule is CC1(C)c2ccccc2-c2ccc(N(c3cccc(C4(c5ccccc5)c5ccccc5-c5c(-c6ccccc6)cccc54)c3)c3ccc4oc5cccc(-c6ccccc6)c5c4c3)cc21. The molecule has 1 aromatic heterocycles. The van der Waals surface area contributed by atoms with Crippen LogP contribution in [-0.2, 0) is 10.8 Å². The molecule has 2 aliphatic carbocycles. The summed E-state index contributed by atoms with van der Waals surface area (Å²) in [6.45, 7) is 4.73. The van der Waals surface area contributed by atoms with Gasteiger partial charge in [-0.1, -0.05) is 202 Å². The highest BCUT2D eigenvalue weighted by Gasteiger charge is 2.47. The third-order valence-corrected chi connectivity index (χ3v) is 14.5. The van der Waals surface area contributed by atoms with Gasteiger partial charge in [0.05, 0.1) is 5.41 Å². The van der Waals surface area contributed by atoms with Crippen molar-refractivity contribution in [2.45, 2.75) is 24.7 Å². The minimum atomic E-state index is -0.601. The molecular formula is C64H45NO. The van der Waals surface area contributed by atoms with Crippen molar-refractivity contribution in [3.05, 3.63) is 270 Å². The predicted octanol–water partition coefficient (Wildman–Crippen LogP) is 17.1.